The Morgan fingerprint density at radius 2 is 2.08 bits per heavy atom. The second-order valence-electron chi connectivity index (χ2n) is 6.78. The third-order valence-electron chi connectivity index (χ3n) is 3.60. The molecular formula is C16H23ClN4O3. The molecule has 0 bridgehead atoms. The molecule has 2 heterocycles. The Hall–Kier alpha value is -1.89. The number of rotatable bonds is 3. The molecule has 132 valence electrons. The zero-order valence-corrected chi connectivity index (χ0v) is 15.0. The van der Waals surface area contributed by atoms with Gasteiger partial charge in [0, 0.05) is 25.5 Å². The summed E-state index contributed by atoms with van der Waals surface area (Å²) in [6.07, 6.45) is 4.14. The van der Waals surface area contributed by atoms with Crippen LogP contribution in [0, 0.1) is 5.92 Å². The van der Waals surface area contributed by atoms with Crippen molar-refractivity contribution in [3.8, 4) is 0 Å². The Bertz CT molecular complexity index is 603. The second-order valence-corrected chi connectivity index (χ2v) is 7.14. The Labute approximate surface area is 146 Å². The van der Waals surface area contributed by atoms with E-state index in [9.17, 15) is 9.59 Å². The van der Waals surface area contributed by atoms with Crippen LogP contribution in [-0.4, -0.2) is 45.6 Å². The quantitative estimate of drug-likeness (QED) is 0.900. The lowest BCUT2D eigenvalue weighted by molar-refractivity contribution is -0.126. The molecule has 7 nitrogen and oxygen atoms in total. The molecule has 0 aromatic carbocycles. The standard InChI is InChI=1S/C16H23ClN4O3/c1-16(2,3)24-15(23)21-8-4-5-11(10-21)14(22)20-9-12-13(17)19-7-6-18-12/h6-7,11H,4-5,8-10H2,1-3H3,(H,20,22). The van der Waals surface area contributed by atoms with Gasteiger partial charge in [0.2, 0.25) is 5.91 Å². The van der Waals surface area contributed by atoms with Crippen molar-refractivity contribution < 1.29 is 14.3 Å². The van der Waals surface area contributed by atoms with Gasteiger partial charge in [0.1, 0.15) is 5.60 Å². The fourth-order valence-electron chi connectivity index (χ4n) is 2.47. The molecule has 2 rings (SSSR count). The summed E-state index contributed by atoms with van der Waals surface area (Å²) >= 11 is 5.93. The molecule has 0 spiro atoms. The molecule has 0 aliphatic carbocycles. The Kier molecular flexibility index (Phi) is 5.99. The van der Waals surface area contributed by atoms with Crippen molar-refractivity contribution in [1.29, 1.82) is 0 Å². The van der Waals surface area contributed by atoms with Gasteiger partial charge in [-0.1, -0.05) is 11.6 Å². The Balaban J connectivity index is 1.88. The maximum absolute atomic E-state index is 12.4. The lowest BCUT2D eigenvalue weighted by atomic mass is 9.97. The van der Waals surface area contributed by atoms with Crippen molar-refractivity contribution in [3.63, 3.8) is 0 Å². The maximum atomic E-state index is 12.4. The number of halogens is 1. The van der Waals surface area contributed by atoms with Gasteiger partial charge in [0.05, 0.1) is 18.2 Å². The predicted octanol–water partition coefficient (Wildman–Crippen LogP) is 2.39. The summed E-state index contributed by atoms with van der Waals surface area (Å²) in [4.78, 5) is 34.1. The molecule has 1 fully saturated rings. The summed E-state index contributed by atoms with van der Waals surface area (Å²) < 4.78 is 5.37. The zero-order chi connectivity index (χ0) is 17.7. The molecule has 2 amide bonds. The maximum Gasteiger partial charge on any atom is 0.410 e. The van der Waals surface area contributed by atoms with E-state index in [1.807, 2.05) is 20.8 Å². The first-order valence-corrected chi connectivity index (χ1v) is 8.35. The number of ether oxygens (including phenoxy) is 1. The molecule has 0 radical (unpaired) electrons. The first-order valence-electron chi connectivity index (χ1n) is 7.97. The highest BCUT2D eigenvalue weighted by atomic mass is 35.5. The van der Waals surface area contributed by atoms with Gasteiger partial charge in [-0.3, -0.25) is 9.78 Å². The van der Waals surface area contributed by atoms with Crippen LogP contribution in [0.1, 0.15) is 39.3 Å². The van der Waals surface area contributed by atoms with Gasteiger partial charge in [-0.05, 0) is 33.6 Å². The third-order valence-corrected chi connectivity index (χ3v) is 3.91. The number of hydrogen-bond donors (Lipinski definition) is 1. The summed E-state index contributed by atoms with van der Waals surface area (Å²) in [6.45, 7) is 6.65. The van der Waals surface area contributed by atoms with Gasteiger partial charge in [0.25, 0.3) is 0 Å². The lowest BCUT2D eigenvalue weighted by Crippen LogP contribution is -2.47. The van der Waals surface area contributed by atoms with Gasteiger partial charge < -0.3 is 15.0 Å². The molecule has 1 N–H and O–H groups in total. The van der Waals surface area contributed by atoms with E-state index < -0.39 is 5.60 Å². The number of piperidine rings is 1. The Morgan fingerprint density at radius 3 is 2.75 bits per heavy atom. The first kappa shape index (κ1) is 18.4. The van der Waals surface area contributed by atoms with E-state index in [-0.39, 0.29) is 29.6 Å². The van der Waals surface area contributed by atoms with Crippen molar-refractivity contribution in [3.05, 3.63) is 23.2 Å². The molecule has 1 atom stereocenters. The van der Waals surface area contributed by atoms with Gasteiger partial charge in [-0.15, -0.1) is 0 Å². The van der Waals surface area contributed by atoms with E-state index in [2.05, 4.69) is 15.3 Å². The van der Waals surface area contributed by atoms with Crippen molar-refractivity contribution >= 4 is 23.6 Å². The summed E-state index contributed by atoms with van der Waals surface area (Å²) in [5, 5.41) is 3.09. The van der Waals surface area contributed by atoms with Crippen LogP contribution in [0.25, 0.3) is 0 Å². The molecule has 1 aromatic rings. The second kappa shape index (κ2) is 7.79. The SMILES string of the molecule is CC(C)(C)OC(=O)N1CCCC(C(=O)NCc2nccnc2Cl)C1. The molecule has 1 aliphatic heterocycles. The van der Waals surface area contributed by atoms with Crippen molar-refractivity contribution in [1.82, 2.24) is 20.2 Å². The smallest absolute Gasteiger partial charge is 0.410 e. The predicted molar refractivity (Wildman–Crippen MR) is 89.4 cm³/mol. The Morgan fingerprint density at radius 1 is 1.38 bits per heavy atom. The van der Waals surface area contributed by atoms with E-state index >= 15 is 0 Å². The molecular weight excluding hydrogens is 332 g/mol. The lowest BCUT2D eigenvalue weighted by Gasteiger charge is -2.33. The van der Waals surface area contributed by atoms with Gasteiger partial charge in [-0.2, -0.15) is 0 Å². The highest BCUT2D eigenvalue weighted by molar-refractivity contribution is 6.29. The molecule has 1 aromatic heterocycles. The van der Waals surface area contributed by atoms with Crippen LogP contribution < -0.4 is 5.32 Å². The minimum atomic E-state index is -0.547. The van der Waals surface area contributed by atoms with E-state index in [0.29, 0.717) is 18.8 Å². The fourth-order valence-corrected chi connectivity index (χ4v) is 2.64. The average molecular weight is 355 g/mol. The number of hydrogen-bond acceptors (Lipinski definition) is 5. The number of nitrogens with one attached hydrogen (secondary N) is 1. The molecule has 1 aliphatic rings. The normalized spacial score (nSPS) is 18.2. The van der Waals surface area contributed by atoms with E-state index in [0.717, 1.165) is 12.8 Å². The van der Waals surface area contributed by atoms with Crippen molar-refractivity contribution in [2.45, 2.75) is 45.8 Å². The highest BCUT2D eigenvalue weighted by Gasteiger charge is 2.30. The molecule has 1 unspecified atom stereocenters. The van der Waals surface area contributed by atoms with E-state index in [1.165, 1.54) is 12.4 Å². The van der Waals surface area contributed by atoms with Crippen LogP contribution in [0.5, 0.6) is 0 Å². The van der Waals surface area contributed by atoms with Gasteiger partial charge in [-0.25, -0.2) is 9.78 Å². The molecule has 1 saturated heterocycles. The summed E-state index contributed by atoms with van der Waals surface area (Å²) in [5.74, 6) is -0.383. The van der Waals surface area contributed by atoms with E-state index in [4.69, 9.17) is 16.3 Å². The van der Waals surface area contributed by atoms with Crippen LogP contribution in [0.15, 0.2) is 12.4 Å². The fraction of sp³-hybridized carbons (Fsp3) is 0.625. The van der Waals surface area contributed by atoms with Crippen LogP contribution in [0.4, 0.5) is 4.79 Å². The largest absolute Gasteiger partial charge is 0.444 e. The molecule has 8 heteroatoms. The summed E-state index contributed by atoms with van der Waals surface area (Å²) in [7, 11) is 0. The topological polar surface area (TPSA) is 84.4 Å². The van der Waals surface area contributed by atoms with Crippen LogP contribution >= 0.6 is 11.6 Å². The first-order chi connectivity index (χ1) is 11.3. The van der Waals surface area contributed by atoms with Gasteiger partial charge >= 0.3 is 6.09 Å². The monoisotopic (exact) mass is 354 g/mol. The van der Waals surface area contributed by atoms with Crippen LogP contribution in [0.3, 0.4) is 0 Å². The highest BCUT2D eigenvalue weighted by Crippen LogP contribution is 2.20. The summed E-state index contributed by atoms with van der Waals surface area (Å²) in [6, 6.07) is 0. The average Bonchev–Trinajstić information content (AvgIpc) is 2.52. The number of carbonyl (C=O) groups excluding carboxylic acids is 2. The third kappa shape index (κ3) is 5.33. The summed E-state index contributed by atoms with van der Waals surface area (Å²) in [5.41, 5.74) is -0.0259. The van der Waals surface area contributed by atoms with Gasteiger partial charge in [0.15, 0.2) is 5.15 Å². The van der Waals surface area contributed by atoms with Crippen molar-refractivity contribution in [2.75, 3.05) is 13.1 Å². The van der Waals surface area contributed by atoms with Crippen molar-refractivity contribution in [2.24, 2.45) is 5.92 Å². The minimum absolute atomic E-state index is 0.120. The number of nitrogens with zero attached hydrogens (tertiary/aromatic N) is 3. The molecule has 0 saturated carbocycles. The number of amides is 2. The van der Waals surface area contributed by atoms with E-state index in [1.54, 1.807) is 4.90 Å². The number of carbonyl (C=O) groups is 2. The molecule has 24 heavy (non-hydrogen) atoms. The zero-order valence-electron chi connectivity index (χ0n) is 14.2. The number of likely N-dealkylation sites (tertiary alicyclic amines) is 1. The number of aromatic nitrogens is 2. The van der Waals surface area contributed by atoms with Crippen LogP contribution in [0.2, 0.25) is 5.15 Å². The minimum Gasteiger partial charge on any atom is -0.444 e. The van der Waals surface area contributed by atoms with Crippen LogP contribution in [-0.2, 0) is 16.1 Å².